The van der Waals surface area contributed by atoms with E-state index in [1.165, 1.54) is 150 Å². The predicted molar refractivity (Wildman–Crippen MR) is 237 cm³/mol. The lowest BCUT2D eigenvalue weighted by atomic mass is 10.1. The van der Waals surface area contributed by atoms with Crippen LogP contribution in [0.3, 0.4) is 0 Å². The van der Waals surface area contributed by atoms with E-state index < -0.39 is 6.62 Å². The summed E-state index contributed by atoms with van der Waals surface area (Å²) in [4.78, 5) is 0. The maximum atomic E-state index is 7.58. The van der Waals surface area contributed by atoms with Gasteiger partial charge in [0.05, 0.1) is 0 Å². The van der Waals surface area contributed by atoms with Crippen LogP contribution in [0.15, 0.2) is 97.1 Å². The molecule has 294 valence electrons. The van der Waals surface area contributed by atoms with E-state index in [0.717, 1.165) is 38.9 Å². The zero-order chi connectivity index (χ0) is 37.5. The Labute approximate surface area is 332 Å². The molecule has 0 spiro atoms. The van der Waals surface area contributed by atoms with E-state index in [9.17, 15) is 0 Å². The van der Waals surface area contributed by atoms with Crippen molar-refractivity contribution in [3.8, 4) is 0 Å². The summed E-state index contributed by atoms with van der Waals surface area (Å²) < 4.78 is 12.6. The van der Waals surface area contributed by atoms with Crippen molar-refractivity contribution >= 4 is 33.8 Å². The Hall–Kier alpha value is -1.96. The molecule has 0 aliphatic carbocycles. The first-order valence-electron chi connectivity index (χ1n) is 21.9. The minimum absolute atomic E-state index is 0.0203. The quantitative estimate of drug-likeness (QED) is 0.0266. The minimum Gasteiger partial charge on any atom is -0.353 e. The number of hydrogen-bond donors (Lipinski definition) is 0. The molecule has 0 saturated heterocycles. The smallest absolute Gasteiger partial charge is 0.210 e. The van der Waals surface area contributed by atoms with Crippen molar-refractivity contribution < 1.29 is 9.47 Å². The van der Waals surface area contributed by atoms with Gasteiger partial charge in [0.25, 0.3) is 0 Å². The van der Waals surface area contributed by atoms with Gasteiger partial charge in [-0.05, 0) is 99.7 Å². The van der Waals surface area contributed by atoms with E-state index in [2.05, 4.69) is 111 Å². The van der Waals surface area contributed by atoms with Crippen molar-refractivity contribution in [2.24, 2.45) is 0 Å². The Balaban J connectivity index is 1.30. The van der Waals surface area contributed by atoms with Gasteiger partial charge in [-0.3, -0.25) is 0 Å². The Morgan fingerprint density at radius 3 is 1.38 bits per heavy atom. The lowest BCUT2D eigenvalue weighted by molar-refractivity contribution is -0.148. The van der Waals surface area contributed by atoms with Gasteiger partial charge in [-0.2, -0.15) is 0 Å². The summed E-state index contributed by atoms with van der Waals surface area (Å²) in [5.74, 6) is 0. The third kappa shape index (κ3) is 19.5. The predicted octanol–water partition coefficient (Wildman–Crippen LogP) is 14.6. The third-order valence-corrected chi connectivity index (χ3v) is 15.2. The van der Waals surface area contributed by atoms with Gasteiger partial charge in [0, 0.05) is 13.2 Å². The van der Waals surface area contributed by atoms with Crippen LogP contribution in [0.5, 0.6) is 0 Å². The van der Waals surface area contributed by atoms with E-state index in [1.807, 2.05) is 0 Å². The van der Waals surface area contributed by atoms with Crippen LogP contribution in [0.1, 0.15) is 167 Å². The highest BCUT2D eigenvalue weighted by molar-refractivity contribution is 8.14. The van der Waals surface area contributed by atoms with Crippen molar-refractivity contribution in [1.29, 1.82) is 0 Å². The fourth-order valence-corrected chi connectivity index (χ4v) is 10.7. The highest BCUT2D eigenvalue weighted by Crippen LogP contribution is 2.60. The zero-order valence-corrected chi connectivity index (χ0v) is 35.5. The molecule has 0 N–H and O–H groups in total. The summed E-state index contributed by atoms with van der Waals surface area (Å²) in [5.41, 5.74) is 1.38. The lowest BCUT2D eigenvalue weighted by Crippen LogP contribution is -2.27. The van der Waals surface area contributed by atoms with E-state index in [4.69, 9.17) is 20.7 Å². The molecule has 0 aliphatic rings. The number of hydrogen-bond acceptors (Lipinski definition) is 2. The van der Waals surface area contributed by atoms with E-state index >= 15 is 0 Å². The number of aryl methyl sites for hydroxylation is 1. The number of allylic oxidation sites excluding steroid dienone is 2. The molecule has 0 heterocycles. The molecule has 0 fully saturated rings. The Kier molecular flexibility index (Phi) is 26.0. The number of unbranched alkanes of at least 4 members (excludes halogenated alkanes) is 18. The number of rotatable bonds is 33. The first kappa shape index (κ1) is 45.4. The molecular formula is C49H75ClO2P+. The van der Waals surface area contributed by atoms with Gasteiger partial charge < -0.3 is 9.47 Å². The molecule has 0 unspecified atom stereocenters. The Morgan fingerprint density at radius 2 is 0.887 bits per heavy atom. The maximum absolute atomic E-state index is 7.58. The second-order valence-electron chi connectivity index (χ2n) is 15.0. The molecule has 0 aromatic heterocycles. The standard InChI is InChI=1S/C49H75ClO2P/c1-3-5-7-9-11-17-21-31-43-51-49(52-44-32-22-18-12-10-8-6-4-2)38-30-20-16-14-13-15-19-25-33-45-39-41-48(42-40-45)53(50,46-34-26-23-27-35-46)47-36-28-24-29-37-47/h13,15,23-24,26-29,34-37,39-42,49H,3-12,14,16-22,25,30-33,38,43-44H2,1-2H3/q+1/b15-13+. The lowest BCUT2D eigenvalue weighted by Gasteiger charge is -2.19. The van der Waals surface area contributed by atoms with Crippen molar-refractivity contribution in [2.45, 2.75) is 174 Å². The van der Waals surface area contributed by atoms with E-state index in [-0.39, 0.29) is 6.29 Å². The van der Waals surface area contributed by atoms with Gasteiger partial charge >= 0.3 is 0 Å². The molecule has 0 amide bonds. The Morgan fingerprint density at radius 1 is 0.472 bits per heavy atom. The molecule has 0 saturated carbocycles. The van der Waals surface area contributed by atoms with Crippen LogP contribution >= 0.6 is 17.9 Å². The summed E-state index contributed by atoms with van der Waals surface area (Å²) in [6.45, 7) is 4.09. The molecule has 53 heavy (non-hydrogen) atoms. The van der Waals surface area contributed by atoms with Gasteiger partial charge in [-0.15, -0.1) is 0 Å². The molecule has 3 aromatic carbocycles. The summed E-state index contributed by atoms with van der Waals surface area (Å²) in [5, 5.41) is 3.63. The highest BCUT2D eigenvalue weighted by atomic mass is 35.7. The average Bonchev–Trinajstić information content (AvgIpc) is 3.20. The zero-order valence-electron chi connectivity index (χ0n) is 33.8. The number of benzene rings is 3. The van der Waals surface area contributed by atoms with E-state index in [1.54, 1.807) is 0 Å². The molecule has 0 atom stereocenters. The Bertz CT molecular complexity index is 1220. The monoisotopic (exact) mass is 762 g/mol. The van der Waals surface area contributed by atoms with E-state index in [0.29, 0.717) is 0 Å². The third-order valence-electron chi connectivity index (χ3n) is 10.4. The molecule has 0 aliphatic heterocycles. The molecule has 0 bridgehead atoms. The van der Waals surface area contributed by atoms with Gasteiger partial charge in [0.1, 0.15) is 27.2 Å². The summed E-state index contributed by atoms with van der Waals surface area (Å²) in [6.07, 6.45) is 35.4. The normalized spacial score (nSPS) is 12.0. The van der Waals surface area contributed by atoms with Gasteiger partial charge in [0.2, 0.25) is 6.62 Å². The van der Waals surface area contributed by atoms with Crippen molar-refractivity contribution in [1.82, 2.24) is 0 Å². The highest BCUT2D eigenvalue weighted by Gasteiger charge is 2.44. The van der Waals surface area contributed by atoms with Crippen molar-refractivity contribution in [3.63, 3.8) is 0 Å². The van der Waals surface area contributed by atoms with Crippen LogP contribution in [-0.4, -0.2) is 19.5 Å². The summed E-state index contributed by atoms with van der Waals surface area (Å²) >= 11 is 7.58. The molecule has 2 nitrogen and oxygen atoms in total. The van der Waals surface area contributed by atoms with Crippen LogP contribution in [-0.2, 0) is 15.9 Å². The van der Waals surface area contributed by atoms with Crippen molar-refractivity contribution in [2.75, 3.05) is 13.2 Å². The fraction of sp³-hybridized carbons (Fsp3) is 0.592. The SMILES string of the molecule is CCCCCCCCCCOC(CCCCC/C=C/CCCc1ccc([P+](Cl)(c2ccccc2)c2ccccc2)cc1)OCCCCCCCCCC. The first-order valence-corrected chi connectivity index (χ1v) is 24.6. The molecule has 4 heteroatoms. The molecule has 0 radical (unpaired) electrons. The second kappa shape index (κ2) is 30.3. The topological polar surface area (TPSA) is 18.5 Å². The number of ether oxygens (including phenoxy) is 2. The van der Waals surface area contributed by atoms with Crippen molar-refractivity contribution in [3.05, 3.63) is 103 Å². The molecular weight excluding hydrogens is 687 g/mol. The molecule has 3 rings (SSSR count). The summed E-state index contributed by atoms with van der Waals surface area (Å²) in [7, 11) is 0. The van der Waals surface area contributed by atoms with Crippen LogP contribution in [0.2, 0.25) is 0 Å². The minimum atomic E-state index is -2.18. The van der Waals surface area contributed by atoms with Gasteiger partial charge in [-0.1, -0.05) is 171 Å². The van der Waals surface area contributed by atoms with Crippen LogP contribution in [0, 0.1) is 0 Å². The second-order valence-corrected chi connectivity index (χ2v) is 19.3. The van der Waals surface area contributed by atoms with Gasteiger partial charge in [-0.25, -0.2) is 0 Å². The van der Waals surface area contributed by atoms with Crippen LogP contribution in [0.25, 0.3) is 0 Å². The first-order chi connectivity index (χ1) is 26.2. The van der Waals surface area contributed by atoms with Crippen LogP contribution in [0.4, 0.5) is 0 Å². The average molecular weight is 763 g/mol. The summed E-state index contributed by atoms with van der Waals surface area (Å²) in [6, 6.07) is 30.3. The maximum Gasteiger partial charge on any atom is 0.210 e. The van der Waals surface area contributed by atoms with Gasteiger partial charge in [0.15, 0.2) is 6.29 Å². The van der Waals surface area contributed by atoms with Crippen LogP contribution < -0.4 is 15.9 Å². The molecule has 3 aromatic rings. The fourth-order valence-electron chi connectivity index (χ4n) is 7.11. The largest absolute Gasteiger partial charge is 0.353 e. The number of halogens is 1.